The van der Waals surface area contributed by atoms with Gasteiger partial charge in [0, 0.05) is 23.9 Å². The Kier molecular flexibility index (Phi) is 7.21. The van der Waals surface area contributed by atoms with Gasteiger partial charge in [-0.1, -0.05) is 11.6 Å². The highest BCUT2D eigenvalue weighted by Gasteiger charge is 2.17. The summed E-state index contributed by atoms with van der Waals surface area (Å²) in [5.41, 5.74) is 5.68. The van der Waals surface area contributed by atoms with Crippen LogP contribution in [0.1, 0.15) is 6.92 Å². The molecule has 0 aliphatic heterocycles. The molecule has 0 aromatic heterocycles. The van der Waals surface area contributed by atoms with Crippen LogP contribution >= 0.6 is 11.6 Å². The average Bonchev–Trinajstić information content (AvgIpc) is 2.67. The Bertz CT molecular complexity index is 937. The summed E-state index contributed by atoms with van der Waals surface area (Å²) >= 11 is 5.99. The molecular weight excluding hydrogens is 404 g/mol. The second kappa shape index (κ2) is 9.60. The molecule has 2 aromatic rings. The van der Waals surface area contributed by atoms with Crippen molar-refractivity contribution in [3.8, 4) is 11.5 Å². The van der Waals surface area contributed by atoms with Gasteiger partial charge < -0.3 is 25.8 Å². The van der Waals surface area contributed by atoms with Crippen LogP contribution in [0.2, 0.25) is 5.02 Å². The van der Waals surface area contributed by atoms with Gasteiger partial charge in [0.2, 0.25) is 5.91 Å². The topological polar surface area (TPSA) is 146 Å². The molecule has 0 spiro atoms. The van der Waals surface area contributed by atoms with Gasteiger partial charge in [-0.2, -0.15) is 0 Å². The maximum Gasteiger partial charge on any atom is 0.271 e. The predicted molar refractivity (Wildman–Crippen MR) is 108 cm³/mol. The quantitative estimate of drug-likeness (QED) is 0.415. The number of methoxy groups -OCH3 is 1. The average molecular weight is 423 g/mol. The first-order valence-corrected chi connectivity index (χ1v) is 8.69. The molecule has 0 bridgehead atoms. The maximum absolute atomic E-state index is 12.4. The van der Waals surface area contributed by atoms with E-state index in [4.69, 9.17) is 26.8 Å². The third-order valence-electron chi connectivity index (χ3n) is 3.73. The number of rotatable bonds is 9. The van der Waals surface area contributed by atoms with Crippen molar-refractivity contribution in [3.05, 3.63) is 51.5 Å². The molecule has 11 heteroatoms. The van der Waals surface area contributed by atoms with E-state index >= 15 is 0 Å². The van der Waals surface area contributed by atoms with Crippen molar-refractivity contribution in [2.75, 3.05) is 24.4 Å². The maximum atomic E-state index is 12.4. The summed E-state index contributed by atoms with van der Waals surface area (Å²) in [6.07, 6.45) is 0. The van der Waals surface area contributed by atoms with Crippen LogP contribution in [0, 0.1) is 10.1 Å². The van der Waals surface area contributed by atoms with Crippen LogP contribution in [0.4, 0.5) is 17.1 Å². The zero-order chi connectivity index (χ0) is 21.6. The van der Waals surface area contributed by atoms with E-state index in [0.717, 1.165) is 6.07 Å². The van der Waals surface area contributed by atoms with Crippen molar-refractivity contribution in [2.45, 2.75) is 13.0 Å². The number of nitrogens with zero attached hydrogens (tertiary/aromatic N) is 1. The molecule has 0 heterocycles. The van der Waals surface area contributed by atoms with Crippen LogP contribution < -0.4 is 25.8 Å². The van der Waals surface area contributed by atoms with Crippen LogP contribution in [0.15, 0.2) is 36.4 Å². The highest BCUT2D eigenvalue weighted by atomic mass is 35.5. The summed E-state index contributed by atoms with van der Waals surface area (Å²) in [5.74, 6) is -0.386. The lowest BCUT2D eigenvalue weighted by atomic mass is 10.2. The number of carbonyl (C=O) groups is 2. The molecule has 1 atom stereocenters. The number of nitrogens with two attached hydrogens (primary N) is 1. The van der Waals surface area contributed by atoms with Crippen molar-refractivity contribution in [1.82, 2.24) is 0 Å². The summed E-state index contributed by atoms with van der Waals surface area (Å²) in [5, 5.41) is 16.4. The summed E-state index contributed by atoms with van der Waals surface area (Å²) in [6, 6.07) is 7.89. The van der Waals surface area contributed by atoms with E-state index < -0.39 is 22.8 Å². The first-order valence-electron chi connectivity index (χ1n) is 8.31. The van der Waals surface area contributed by atoms with E-state index in [1.54, 1.807) is 25.1 Å². The number of ether oxygens (including phenoxy) is 2. The van der Waals surface area contributed by atoms with Crippen LogP contribution in [0.3, 0.4) is 0 Å². The zero-order valence-corrected chi connectivity index (χ0v) is 16.4. The van der Waals surface area contributed by atoms with Crippen molar-refractivity contribution in [3.63, 3.8) is 0 Å². The van der Waals surface area contributed by atoms with Crippen molar-refractivity contribution >= 4 is 40.5 Å². The highest BCUT2D eigenvalue weighted by Crippen LogP contribution is 2.31. The number of amides is 2. The summed E-state index contributed by atoms with van der Waals surface area (Å²) in [7, 11) is 1.45. The molecule has 2 amide bonds. The van der Waals surface area contributed by atoms with Gasteiger partial charge >= 0.3 is 0 Å². The molecule has 0 fully saturated rings. The van der Waals surface area contributed by atoms with Crippen LogP contribution in [-0.2, 0) is 9.59 Å². The number of anilines is 2. The van der Waals surface area contributed by atoms with Crippen molar-refractivity contribution < 1.29 is 24.0 Å². The number of hydrogen-bond donors (Lipinski definition) is 3. The van der Waals surface area contributed by atoms with E-state index in [2.05, 4.69) is 10.6 Å². The summed E-state index contributed by atoms with van der Waals surface area (Å²) in [6.45, 7) is 1.29. The van der Waals surface area contributed by atoms with E-state index in [1.165, 1.54) is 19.2 Å². The Morgan fingerprint density at radius 3 is 2.55 bits per heavy atom. The Morgan fingerprint density at radius 1 is 1.24 bits per heavy atom. The second-order valence-electron chi connectivity index (χ2n) is 5.90. The molecule has 0 saturated heterocycles. The summed E-state index contributed by atoms with van der Waals surface area (Å²) < 4.78 is 10.5. The minimum absolute atomic E-state index is 0.0475. The van der Waals surface area contributed by atoms with Crippen molar-refractivity contribution in [1.29, 1.82) is 0 Å². The van der Waals surface area contributed by atoms with Gasteiger partial charge in [0.25, 0.3) is 11.6 Å². The standard InChI is InChI=1S/C18H19ClN4O6/c1-10(18(25)22-14-5-4-12(23(26)27)8-13(14)19)21-11-3-6-15(28-2)16(7-11)29-9-17(20)24/h3-8,10,21H,9H2,1-2H3,(H2,20,24)(H,22,25). The molecule has 2 aromatic carbocycles. The lowest BCUT2D eigenvalue weighted by Gasteiger charge is -2.17. The van der Waals surface area contributed by atoms with Crippen LogP contribution in [0.25, 0.3) is 0 Å². The fourth-order valence-corrected chi connectivity index (χ4v) is 2.53. The molecule has 0 aliphatic carbocycles. The number of benzene rings is 2. The number of nitrogens with one attached hydrogen (secondary N) is 2. The highest BCUT2D eigenvalue weighted by molar-refractivity contribution is 6.34. The largest absolute Gasteiger partial charge is 0.493 e. The molecule has 0 radical (unpaired) electrons. The molecule has 10 nitrogen and oxygen atoms in total. The van der Waals surface area contributed by atoms with Gasteiger partial charge in [-0.25, -0.2) is 0 Å². The monoisotopic (exact) mass is 422 g/mol. The minimum Gasteiger partial charge on any atom is -0.493 e. The van der Waals surface area contributed by atoms with Gasteiger partial charge in [0.1, 0.15) is 6.04 Å². The van der Waals surface area contributed by atoms with E-state index in [1.807, 2.05) is 0 Å². The normalized spacial score (nSPS) is 11.3. The number of nitro benzene ring substituents is 1. The van der Waals surface area contributed by atoms with Gasteiger partial charge in [0.15, 0.2) is 18.1 Å². The Balaban J connectivity index is 2.08. The van der Waals surface area contributed by atoms with E-state index in [-0.39, 0.29) is 28.8 Å². The molecule has 0 aliphatic rings. The van der Waals surface area contributed by atoms with Crippen LogP contribution in [-0.4, -0.2) is 36.5 Å². The van der Waals surface area contributed by atoms with Crippen molar-refractivity contribution in [2.24, 2.45) is 5.73 Å². The number of hydrogen-bond acceptors (Lipinski definition) is 7. The molecule has 1 unspecified atom stereocenters. The van der Waals surface area contributed by atoms with Crippen LogP contribution in [0.5, 0.6) is 11.5 Å². The molecule has 29 heavy (non-hydrogen) atoms. The lowest BCUT2D eigenvalue weighted by molar-refractivity contribution is -0.384. The third-order valence-corrected chi connectivity index (χ3v) is 4.04. The zero-order valence-electron chi connectivity index (χ0n) is 15.6. The first kappa shape index (κ1) is 21.8. The number of nitro groups is 1. The van der Waals surface area contributed by atoms with Gasteiger partial charge in [0.05, 0.1) is 22.7 Å². The summed E-state index contributed by atoms with van der Waals surface area (Å²) in [4.78, 5) is 33.5. The van der Waals surface area contributed by atoms with E-state index in [0.29, 0.717) is 11.4 Å². The fourth-order valence-electron chi connectivity index (χ4n) is 2.30. The van der Waals surface area contributed by atoms with Gasteiger partial charge in [-0.3, -0.25) is 19.7 Å². The molecule has 154 valence electrons. The Morgan fingerprint density at radius 2 is 1.97 bits per heavy atom. The molecule has 4 N–H and O–H groups in total. The van der Waals surface area contributed by atoms with Gasteiger partial charge in [-0.15, -0.1) is 0 Å². The second-order valence-corrected chi connectivity index (χ2v) is 6.30. The number of non-ortho nitro benzene ring substituents is 1. The molecule has 0 saturated carbocycles. The Hall–Kier alpha value is -3.53. The lowest BCUT2D eigenvalue weighted by Crippen LogP contribution is -2.32. The smallest absolute Gasteiger partial charge is 0.271 e. The number of carbonyl (C=O) groups excluding carboxylic acids is 2. The van der Waals surface area contributed by atoms with Gasteiger partial charge in [-0.05, 0) is 25.1 Å². The Labute approximate surface area is 171 Å². The van der Waals surface area contributed by atoms with E-state index in [9.17, 15) is 19.7 Å². The minimum atomic E-state index is -0.696. The predicted octanol–water partition coefficient (Wildman–Crippen LogP) is 2.56. The number of halogens is 1. The third kappa shape index (κ3) is 5.98. The molecular formula is C18H19ClN4O6. The number of primary amides is 1. The molecule has 2 rings (SSSR count). The first-order chi connectivity index (χ1) is 13.7. The SMILES string of the molecule is COc1ccc(NC(C)C(=O)Nc2ccc([N+](=O)[O-])cc2Cl)cc1OCC(N)=O. The fraction of sp³-hybridized carbons (Fsp3) is 0.222.